The molecular weight excluding hydrogens is 418 g/mol. The summed E-state index contributed by atoms with van der Waals surface area (Å²) in [5.74, 6) is -9.89. The molecule has 0 saturated carbocycles. The quantitative estimate of drug-likeness (QED) is 0.311. The first-order valence-corrected chi connectivity index (χ1v) is 9.80. The molecule has 0 aliphatic carbocycles. The first-order chi connectivity index (χ1) is 14.7. The maximum absolute atomic E-state index is 14.8. The number of halogens is 6. The molecule has 3 aromatic rings. The standard InChI is InChI=1S/C24H18F6O/c1-2-3-13-4-6-14(7-5-13)15-8-17-12-24(29,30)23(31-22(17)20(27)9-15)16-10-18(25)21(28)19(26)11-16/h4-11,23H,2-3,12H2,1H3. The van der Waals surface area contributed by atoms with Crippen molar-refractivity contribution in [2.75, 3.05) is 0 Å². The van der Waals surface area contributed by atoms with Crippen molar-refractivity contribution in [3.63, 3.8) is 0 Å². The van der Waals surface area contributed by atoms with Gasteiger partial charge in [0.25, 0.3) is 5.92 Å². The molecule has 0 fully saturated rings. The largest absolute Gasteiger partial charge is 0.476 e. The highest BCUT2D eigenvalue weighted by Gasteiger charge is 2.48. The lowest BCUT2D eigenvalue weighted by Crippen LogP contribution is -2.37. The Labute approximate surface area is 175 Å². The van der Waals surface area contributed by atoms with E-state index in [1.807, 2.05) is 12.1 Å². The fraction of sp³-hybridized carbons (Fsp3) is 0.250. The normalized spacial score (nSPS) is 17.2. The predicted octanol–water partition coefficient (Wildman–Crippen LogP) is 7.17. The summed E-state index contributed by atoms with van der Waals surface area (Å²) >= 11 is 0. The molecule has 4 rings (SSSR count). The van der Waals surface area contributed by atoms with Gasteiger partial charge in [-0.05, 0) is 47.4 Å². The van der Waals surface area contributed by atoms with Gasteiger partial charge in [-0.1, -0.05) is 37.6 Å². The molecule has 1 nitrogen and oxygen atoms in total. The lowest BCUT2D eigenvalue weighted by atomic mass is 9.91. The van der Waals surface area contributed by atoms with Gasteiger partial charge in [-0.25, -0.2) is 26.3 Å². The van der Waals surface area contributed by atoms with Crippen LogP contribution in [0.5, 0.6) is 5.75 Å². The Kier molecular flexibility index (Phi) is 5.45. The van der Waals surface area contributed by atoms with E-state index in [4.69, 9.17) is 4.74 Å². The molecule has 162 valence electrons. The Hall–Kier alpha value is -2.96. The van der Waals surface area contributed by atoms with E-state index in [0.717, 1.165) is 18.4 Å². The van der Waals surface area contributed by atoms with E-state index in [9.17, 15) is 26.3 Å². The number of hydrogen-bond acceptors (Lipinski definition) is 1. The summed E-state index contributed by atoms with van der Waals surface area (Å²) in [5.41, 5.74) is 1.52. The van der Waals surface area contributed by atoms with E-state index >= 15 is 0 Å². The molecular formula is C24H18F6O. The van der Waals surface area contributed by atoms with E-state index in [0.29, 0.717) is 23.3 Å². The summed E-state index contributed by atoms with van der Waals surface area (Å²) in [5, 5.41) is 0. The zero-order valence-electron chi connectivity index (χ0n) is 16.5. The van der Waals surface area contributed by atoms with Gasteiger partial charge in [0.2, 0.25) is 0 Å². The molecule has 1 heterocycles. The molecule has 0 N–H and O–H groups in total. The predicted molar refractivity (Wildman–Crippen MR) is 104 cm³/mol. The van der Waals surface area contributed by atoms with Gasteiger partial charge in [0.05, 0.1) is 0 Å². The maximum Gasteiger partial charge on any atom is 0.292 e. The molecule has 7 heteroatoms. The van der Waals surface area contributed by atoms with Gasteiger partial charge in [-0.15, -0.1) is 0 Å². The van der Waals surface area contributed by atoms with Crippen molar-refractivity contribution in [2.24, 2.45) is 0 Å². The Morgan fingerprint density at radius 2 is 1.52 bits per heavy atom. The third-order valence-electron chi connectivity index (χ3n) is 5.30. The van der Waals surface area contributed by atoms with Crippen LogP contribution < -0.4 is 4.74 Å². The average Bonchev–Trinajstić information content (AvgIpc) is 2.71. The molecule has 0 saturated heterocycles. The van der Waals surface area contributed by atoms with Gasteiger partial charge in [0.15, 0.2) is 35.1 Å². The van der Waals surface area contributed by atoms with E-state index in [2.05, 4.69) is 6.92 Å². The molecule has 0 radical (unpaired) electrons. The van der Waals surface area contributed by atoms with Crippen LogP contribution >= 0.6 is 0 Å². The highest BCUT2D eigenvalue weighted by atomic mass is 19.3. The molecule has 0 aromatic heterocycles. The summed E-state index contributed by atoms with van der Waals surface area (Å²) < 4.78 is 89.9. The first kappa shape index (κ1) is 21.3. The van der Waals surface area contributed by atoms with Crippen LogP contribution in [0.25, 0.3) is 11.1 Å². The van der Waals surface area contributed by atoms with Crippen LogP contribution in [0.15, 0.2) is 48.5 Å². The van der Waals surface area contributed by atoms with Crippen LogP contribution in [0, 0.1) is 23.3 Å². The molecule has 1 unspecified atom stereocenters. The summed E-state index contributed by atoms with van der Waals surface area (Å²) in [7, 11) is 0. The number of ether oxygens (including phenoxy) is 1. The van der Waals surface area contributed by atoms with E-state index in [-0.39, 0.29) is 5.56 Å². The second-order valence-corrected chi connectivity index (χ2v) is 7.63. The van der Waals surface area contributed by atoms with Crippen molar-refractivity contribution in [3.05, 3.63) is 88.5 Å². The van der Waals surface area contributed by atoms with E-state index in [1.54, 1.807) is 12.1 Å². The lowest BCUT2D eigenvalue weighted by molar-refractivity contribution is -0.110. The van der Waals surface area contributed by atoms with Crippen LogP contribution in [-0.2, 0) is 12.8 Å². The fourth-order valence-electron chi connectivity index (χ4n) is 3.82. The minimum atomic E-state index is -3.60. The van der Waals surface area contributed by atoms with Crippen LogP contribution in [-0.4, -0.2) is 5.92 Å². The van der Waals surface area contributed by atoms with Crippen molar-refractivity contribution < 1.29 is 31.1 Å². The van der Waals surface area contributed by atoms with Gasteiger partial charge in [-0.2, -0.15) is 0 Å². The van der Waals surface area contributed by atoms with Crippen molar-refractivity contribution in [1.29, 1.82) is 0 Å². The molecule has 1 aliphatic rings. The van der Waals surface area contributed by atoms with E-state index in [1.165, 1.54) is 12.1 Å². The SMILES string of the molecule is CCCc1ccc(-c2cc(F)c3c(c2)CC(F)(F)C(c2cc(F)c(F)c(F)c2)O3)cc1. The van der Waals surface area contributed by atoms with Gasteiger partial charge in [0, 0.05) is 17.5 Å². The van der Waals surface area contributed by atoms with Gasteiger partial charge < -0.3 is 4.74 Å². The fourth-order valence-corrected chi connectivity index (χ4v) is 3.82. The molecule has 0 bridgehead atoms. The van der Waals surface area contributed by atoms with Gasteiger partial charge >= 0.3 is 0 Å². The molecule has 31 heavy (non-hydrogen) atoms. The van der Waals surface area contributed by atoms with Crippen molar-refractivity contribution in [2.45, 2.75) is 38.2 Å². The molecule has 3 aromatic carbocycles. The second-order valence-electron chi connectivity index (χ2n) is 7.63. The van der Waals surface area contributed by atoms with Crippen LogP contribution in [0.4, 0.5) is 26.3 Å². The first-order valence-electron chi connectivity index (χ1n) is 9.80. The number of fused-ring (bicyclic) bond motifs is 1. The van der Waals surface area contributed by atoms with Crippen molar-refractivity contribution in [1.82, 2.24) is 0 Å². The third kappa shape index (κ3) is 4.01. The van der Waals surface area contributed by atoms with E-state index < -0.39 is 53.0 Å². The summed E-state index contributed by atoms with van der Waals surface area (Å²) in [6.45, 7) is 2.05. The topological polar surface area (TPSA) is 9.23 Å². The monoisotopic (exact) mass is 436 g/mol. The minimum Gasteiger partial charge on any atom is -0.476 e. The summed E-state index contributed by atoms with van der Waals surface area (Å²) in [6, 6.07) is 10.8. The van der Waals surface area contributed by atoms with Crippen LogP contribution in [0.3, 0.4) is 0 Å². The number of hydrogen-bond donors (Lipinski definition) is 0. The van der Waals surface area contributed by atoms with Gasteiger partial charge in [-0.3, -0.25) is 0 Å². The molecule has 0 spiro atoms. The van der Waals surface area contributed by atoms with Crippen molar-refractivity contribution >= 4 is 0 Å². The highest BCUT2D eigenvalue weighted by molar-refractivity contribution is 5.67. The third-order valence-corrected chi connectivity index (χ3v) is 5.30. The highest BCUT2D eigenvalue weighted by Crippen LogP contribution is 2.47. The second kappa shape index (κ2) is 7.94. The Balaban J connectivity index is 1.71. The number of rotatable bonds is 4. The molecule has 0 amide bonds. The van der Waals surface area contributed by atoms with Crippen LogP contribution in [0.2, 0.25) is 0 Å². The maximum atomic E-state index is 14.8. The molecule has 1 aliphatic heterocycles. The number of benzene rings is 3. The van der Waals surface area contributed by atoms with Gasteiger partial charge in [0.1, 0.15) is 0 Å². The Morgan fingerprint density at radius 1 is 0.871 bits per heavy atom. The average molecular weight is 436 g/mol. The number of alkyl halides is 2. The molecule has 1 atom stereocenters. The van der Waals surface area contributed by atoms with Crippen LogP contribution in [0.1, 0.15) is 36.1 Å². The minimum absolute atomic E-state index is 0.0584. The summed E-state index contributed by atoms with van der Waals surface area (Å²) in [6.07, 6.45) is -1.18. The Morgan fingerprint density at radius 3 is 2.13 bits per heavy atom. The zero-order chi connectivity index (χ0) is 22.3. The Bertz CT molecular complexity index is 1100. The van der Waals surface area contributed by atoms with Crippen molar-refractivity contribution in [3.8, 4) is 16.9 Å². The summed E-state index contributed by atoms with van der Waals surface area (Å²) in [4.78, 5) is 0. The number of aryl methyl sites for hydroxylation is 1. The zero-order valence-corrected chi connectivity index (χ0v) is 16.5. The smallest absolute Gasteiger partial charge is 0.292 e. The lowest BCUT2D eigenvalue weighted by Gasteiger charge is -2.34.